The monoisotopic (exact) mass is 471 g/mol. The SMILES string of the molecule is Nc1cc2c3ccc4c5c(ccc(c6ccc7c(c1C(=O)c1ccccc1-7)c62)c53)-c1ccccc1C4=O. The summed E-state index contributed by atoms with van der Waals surface area (Å²) in [6.07, 6.45) is 0. The van der Waals surface area contributed by atoms with Crippen LogP contribution < -0.4 is 5.73 Å². The summed E-state index contributed by atoms with van der Waals surface area (Å²) in [6, 6.07) is 30.2. The zero-order valence-electron chi connectivity index (χ0n) is 19.6. The van der Waals surface area contributed by atoms with Crippen molar-refractivity contribution in [3.63, 3.8) is 0 Å². The molecular formula is C34H17NO2. The van der Waals surface area contributed by atoms with Crippen molar-refractivity contribution >= 4 is 60.3 Å². The van der Waals surface area contributed by atoms with Crippen LogP contribution in [0.5, 0.6) is 0 Å². The number of carbonyl (C=O) groups is 2. The van der Waals surface area contributed by atoms with Gasteiger partial charge in [0.2, 0.25) is 0 Å². The molecule has 170 valence electrons. The van der Waals surface area contributed by atoms with E-state index in [0.29, 0.717) is 16.8 Å². The van der Waals surface area contributed by atoms with E-state index in [2.05, 4.69) is 30.3 Å². The zero-order chi connectivity index (χ0) is 24.6. The average molecular weight is 472 g/mol. The van der Waals surface area contributed by atoms with Gasteiger partial charge in [-0.1, -0.05) is 78.9 Å². The highest BCUT2D eigenvalue weighted by molar-refractivity contribution is 6.42. The van der Waals surface area contributed by atoms with Crippen molar-refractivity contribution < 1.29 is 9.59 Å². The highest BCUT2D eigenvalue weighted by Crippen LogP contribution is 2.51. The van der Waals surface area contributed by atoms with Crippen LogP contribution in [0.2, 0.25) is 0 Å². The quantitative estimate of drug-likeness (QED) is 0.140. The van der Waals surface area contributed by atoms with E-state index >= 15 is 0 Å². The molecule has 0 fully saturated rings. The van der Waals surface area contributed by atoms with Gasteiger partial charge in [-0.15, -0.1) is 0 Å². The molecule has 2 N–H and O–H groups in total. The molecule has 0 heterocycles. The summed E-state index contributed by atoms with van der Waals surface area (Å²) >= 11 is 0. The molecule has 0 saturated heterocycles. The van der Waals surface area contributed by atoms with Crippen LogP contribution in [-0.2, 0) is 0 Å². The van der Waals surface area contributed by atoms with Crippen molar-refractivity contribution in [1.82, 2.24) is 0 Å². The molecule has 0 unspecified atom stereocenters. The number of nitrogen functional groups attached to an aromatic ring is 1. The number of rotatable bonds is 0. The minimum Gasteiger partial charge on any atom is -0.398 e. The van der Waals surface area contributed by atoms with E-state index in [1.54, 1.807) is 0 Å². The molecule has 0 radical (unpaired) electrons. The molecule has 0 aliphatic heterocycles. The van der Waals surface area contributed by atoms with Gasteiger partial charge < -0.3 is 5.73 Å². The summed E-state index contributed by atoms with van der Waals surface area (Å²) in [6.45, 7) is 0. The fraction of sp³-hybridized carbons (Fsp3) is 0. The Kier molecular flexibility index (Phi) is 3.22. The molecular weight excluding hydrogens is 454 g/mol. The third kappa shape index (κ3) is 2.07. The van der Waals surface area contributed by atoms with E-state index < -0.39 is 0 Å². The maximum absolute atomic E-state index is 13.7. The van der Waals surface area contributed by atoms with E-state index in [1.807, 2.05) is 60.7 Å². The standard InChI is InChI=1S/C34H17NO2/c35-27-15-26-22-13-14-25-29-18(16-5-1-3-7-23(16)33(25)36)9-11-20(28(22)29)21-12-10-19-17-6-2-4-8-24(17)34(37)32(27)31(19)30(21)26/h1-15H,35H2. The van der Waals surface area contributed by atoms with Gasteiger partial charge in [0.15, 0.2) is 11.6 Å². The van der Waals surface area contributed by atoms with Gasteiger partial charge in [0.05, 0.1) is 5.56 Å². The number of hydrogen-bond donors (Lipinski definition) is 1. The number of nitrogens with two attached hydrogens (primary N) is 1. The molecule has 3 heteroatoms. The topological polar surface area (TPSA) is 60.2 Å². The van der Waals surface area contributed by atoms with Crippen molar-refractivity contribution in [1.29, 1.82) is 0 Å². The predicted octanol–water partition coefficient (Wildman–Crippen LogP) is 7.74. The van der Waals surface area contributed by atoms with Gasteiger partial charge in [-0.05, 0) is 66.7 Å². The largest absolute Gasteiger partial charge is 0.398 e. The van der Waals surface area contributed by atoms with Crippen molar-refractivity contribution in [2.45, 2.75) is 0 Å². The van der Waals surface area contributed by atoms with Gasteiger partial charge in [0, 0.05) is 33.2 Å². The van der Waals surface area contributed by atoms with Crippen LogP contribution in [0.4, 0.5) is 5.69 Å². The molecule has 0 aromatic heterocycles. The first-order chi connectivity index (χ1) is 18.1. The average Bonchev–Trinajstić information content (AvgIpc) is 2.94. The minimum absolute atomic E-state index is 0.0254. The van der Waals surface area contributed by atoms with Crippen LogP contribution in [0.15, 0.2) is 91.0 Å². The van der Waals surface area contributed by atoms with Crippen molar-refractivity contribution in [2.24, 2.45) is 0 Å². The Bertz CT molecular complexity index is 2240. The van der Waals surface area contributed by atoms with Crippen LogP contribution in [0.3, 0.4) is 0 Å². The number of fused-ring (bicyclic) bond motifs is 6. The highest BCUT2D eigenvalue weighted by Gasteiger charge is 2.31. The van der Waals surface area contributed by atoms with E-state index in [-0.39, 0.29) is 11.6 Å². The van der Waals surface area contributed by atoms with Gasteiger partial charge in [0.1, 0.15) is 0 Å². The Hall–Kier alpha value is -5.02. The van der Waals surface area contributed by atoms with Crippen molar-refractivity contribution in [3.05, 3.63) is 113 Å². The van der Waals surface area contributed by atoms with E-state index in [4.69, 9.17) is 5.73 Å². The maximum atomic E-state index is 13.7. The molecule has 3 nitrogen and oxygen atoms in total. The summed E-state index contributed by atoms with van der Waals surface area (Å²) in [7, 11) is 0. The molecule has 2 aliphatic carbocycles. The third-order valence-corrected chi connectivity index (χ3v) is 8.45. The van der Waals surface area contributed by atoms with Gasteiger partial charge in [-0.2, -0.15) is 0 Å². The smallest absolute Gasteiger partial charge is 0.196 e. The Balaban J connectivity index is 1.55. The Labute approximate surface area is 211 Å². The van der Waals surface area contributed by atoms with E-state index in [9.17, 15) is 9.59 Å². The fourth-order valence-corrected chi connectivity index (χ4v) is 6.96. The van der Waals surface area contributed by atoms with Gasteiger partial charge in [-0.25, -0.2) is 0 Å². The summed E-state index contributed by atoms with van der Waals surface area (Å²) in [4.78, 5) is 27.2. The first kappa shape index (κ1) is 19.2. The number of anilines is 1. The van der Waals surface area contributed by atoms with Crippen LogP contribution >= 0.6 is 0 Å². The summed E-state index contributed by atoms with van der Waals surface area (Å²) in [5.74, 6) is 0.0344. The molecule has 7 aromatic carbocycles. The highest BCUT2D eigenvalue weighted by atomic mass is 16.1. The molecule has 0 bridgehead atoms. The van der Waals surface area contributed by atoms with E-state index in [1.165, 1.54) is 0 Å². The Morgan fingerprint density at radius 3 is 1.54 bits per heavy atom. The lowest BCUT2D eigenvalue weighted by Gasteiger charge is -2.26. The van der Waals surface area contributed by atoms with Crippen LogP contribution in [0, 0.1) is 0 Å². The molecule has 37 heavy (non-hydrogen) atoms. The third-order valence-electron chi connectivity index (χ3n) is 8.45. The number of hydrogen-bond acceptors (Lipinski definition) is 3. The Morgan fingerprint density at radius 2 is 0.892 bits per heavy atom. The summed E-state index contributed by atoms with van der Waals surface area (Å²) in [5.41, 5.74) is 13.9. The van der Waals surface area contributed by atoms with Crippen LogP contribution in [0.1, 0.15) is 31.8 Å². The summed E-state index contributed by atoms with van der Waals surface area (Å²) in [5, 5.41) is 8.29. The van der Waals surface area contributed by atoms with Gasteiger partial charge in [0.25, 0.3) is 0 Å². The van der Waals surface area contributed by atoms with E-state index in [0.717, 1.165) is 76.5 Å². The van der Waals surface area contributed by atoms with Crippen molar-refractivity contribution in [3.8, 4) is 22.3 Å². The molecule has 0 amide bonds. The van der Waals surface area contributed by atoms with Gasteiger partial charge >= 0.3 is 0 Å². The normalized spacial score (nSPS) is 13.6. The predicted molar refractivity (Wildman–Crippen MR) is 150 cm³/mol. The van der Waals surface area contributed by atoms with Crippen molar-refractivity contribution in [2.75, 3.05) is 5.73 Å². The van der Waals surface area contributed by atoms with Crippen LogP contribution in [-0.4, -0.2) is 11.6 Å². The lowest BCUT2D eigenvalue weighted by Crippen LogP contribution is -2.13. The van der Waals surface area contributed by atoms with Crippen LogP contribution in [0.25, 0.3) is 65.3 Å². The molecule has 0 saturated carbocycles. The zero-order valence-corrected chi connectivity index (χ0v) is 19.6. The first-order valence-electron chi connectivity index (χ1n) is 12.4. The second kappa shape index (κ2) is 6.21. The lowest BCUT2D eigenvalue weighted by molar-refractivity contribution is 0.103. The molecule has 7 aromatic rings. The summed E-state index contributed by atoms with van der Waals surface area (Å²) < 4.78 is 0. The molecule has 0 atom stereocenters. The second-order valence-electron chi connectivity index (χ2n) is 10.1. The minimum atomic E-state index is -0.0254. The number of benzene rings is 7. The number of carbonyl (C=O) groups excluding carboxylic acids is 2. The molecule has 2 aliphatic rings. The first-order valence-corrected chi connectivity index (χ1v) is 12.4. The Morgan fingerprint density at radius 1 is 0.405 bits per heavy atom. The maximum Gasteiger partial charge on any atom is 0.196 e. The second-order valence-corrected chi connectivity index (χ2v) is 10.1. The fourth-order valence-electron chi connectivity index (χ4n) is 6.96. The molecule has 0 spiro atoms. The molecule has 9 rings (SSSR count). The number of ketones is 2. The lowest BCUT2D eigenvalue weighted by atomic mass is 9.76. The van der Waals surface area contributed by atoms with Gasteiger partial charge in [-0.3, -0.25) is 9.59 Å².